The number of amides is 1. The zero-order chi connectivity index (χ0) is 13.6. The number of rotatable bonds is 3. The van der Waals surface area contributed by atoms with Crippen LogP contribution in [0, 0.1) is 11.7 Å². The summed E-state index contributed by atoms with van der Waals surface area (Å²) < 4.78 is 4.92. The van der Waals surface area contributed by atoms with Gasteiger partial charge < -0.3 is 14.4 Å². The second kappa shape index (κ2) is 8.48. The minimum absolute atomic E-state index is 0. The summed E-state index contributed by atoms with van der Waals surface area (Å²) in [5.74, 6) is 0. The molecule has 0 rings (SSSR count). The molecule has 0 bridgehead atoms. The van der Waals surface area contributed by atoms with Gasteiger partial charge in [-0.3, -0.25) is 0 Å². The van der Waals surface area contributed by atoms with Crippen LogP contribution < -0.4 is 18.9 Å². The monoisotopic (exact) mass is 245 g/mol. The zero-order valence-corrected chi connectivity index (χ0v) is 13.0. The van der Waals surface area contributed by atoms with Crippen LogP contribution in [-0.4, -0.2) is 23.1 Å². The van der Waals surface area contributed by atoms with Crippen molar-refractivity contribution in [2.24, 2.45) is 5.41 Å². The van der Waals surface area contributed by atoms with Crippen molar-refractivity contribution in [3.05, 3.63) is 18.1 Å². The van der Waals surface area contributed by atoms with E-state index < -0.39 is 0 Å². The van der Waals surface area contributed by atoms with Crippen LogP contribution in [0.2, 0.25) is 0 Å². The van der Waals surface area contributed by atoms with E-state index in [4.69, 9.17) is 4.74 Å². The van der Waals surface area contributed by atoms with Crippen molar-refractivity contribution in [2.75, 3.05) is 0 Å². The number of allylic oxidation sites excluding steroid dienone is 1. The van der Waals surface area contributed by atoms with E-state index in [1.165, 1.54) is 0 Å². The first-order valence-corrected chi connectivity index (χ1v) is 5.99. The molecule has 98 valence electrons. The molecular weight excluding hydrogens is 221 g/mol. The van der Waals surface area contributed by atoms with Gasteiger partial charge in [0.25, 0.3) is 0 Å². The van der Waals surface area contributed by atoms with Crippen LogP contribution in [0.3, 0.4) is 0 Å². The van der Waals surface area contributed by atoms with Gasteiger partial charge in [0, 0.05) is 18.3 Å². The van der Waals surface area contributed by atoms with Crippen molar-refractivity contribution < 1.29 is 28.4 Å². The molecule has 0 aliphatic rings. The van der Waals surface area contributed by atoms with E-state index in [0.29, 0.717) is 0 Å². The number of hydrogen-bond donors (Lipinski definition) is 0. The maximum Gasteiger partial charge on any atom is 1.00 e. The normalized spacial score (nSPS) is 10.5. The SMILES string of the molecule is CC(C)N(C(=O)O[C-]=C=CC(C)(C)C)C(C)C.[Li+]. The first kappa shape index (κ1) is 19.7. The Labute approximate surface area is 123 Å². The Morgan fingerprint density at radius 2 is 1.67 bits per heavy atom. The second-order valence-corrected chi connectivity index (χ2v) is 5.72. The molecule has 0 radical (unpaired) electrons. The Morgan fingerprint density at radius 3 is 2.00 bits per heavy atom. The minimum atomic E-state index is -0.384. The summed E-state index contributed by atoms with van der Waals surface area (Å²) in [4.78, 5) is 13.4. The largest absolute Gasteiger partial charge is 1.00 e. The van der Waals surface area contributed by atoms with Crippen LogP contribution in [0.25, 0.3) is 0 Å². The third kappa shape index (κ3) is 8.47. The Kier molecular flexibility index (Phi) is 9.29. The van der Waals surface area contributed by atoms with Crippen LogP contribution in [0.1, 0.15) is 48.5 Å². The molecule has 0 fully saturated rings. The second-order valence-electron chi connectivity index (χ2n) is 5.72. The van der Waals surface area contributed by atoms with Crippen LogP contribution >= 0.6 is 0 Å². The van der Waals surface area contributed by atoms with Gasteiger partial charge in [-0.25, -0.2) is 5.73 Å². The molecule has 0 saturated carbocycles. The smallest absolute Gasteiger partial charge is 0.531 e. The molecule has 0 saturated heterocycles. The van der Waals surface area contributed by atoms with Gasteiger partial charge in [0.05, 0.1) is 0 Å². The molecule has 0 unspecified atom stereocenters. The van der Waals surface area contributed by atoms with E-state index in [1.54, 1.807) is 4.90 Å². The number of nitrogens with zero attached hydrogens (tertiary/aromatic N) is 1. The van der Waals surface area contributed by atoms with Gasteiger partial charge in [0.2, 0.25) is 0 Å². The van der Waals surface area contributed by atoms with Crippen LogP contribution in [-0.2, 0) is 4.74 Å². The van der Waals surface area contributed by atoms with Gasteiger partial charge in [0.15, 0.2) is 0 Å². The van der Waals surface area contributed by atoms with Crippen molar-refractivity contribution in [1.82, 2.24) is 4.90 Å². The predicted octanol–water partition coefficient (Wildman–Crippen LogP) is 0.764. The summed E-state index contributed by atoms with van der Waals surface area (Å²) in [6.07, 6.45) is 3.87. The summed E-state index contributed by atoms with van der Waals surface area (Å²) in [5, 5.41) is 0. The predicted molar refractivity (Wildman–Crippen MR) is 69.4 cm³/mol. The third-order valence-electron chi connectivity index (χ3n) is 2.03. The van der Waals surface area contributed by atoms with Crippen LogP contribution in [0.4, 0.5) is 4.79 Å². The summed E-state index contributed by atoms with van der Waals surface area (Å²) in [5.41, 5.74) is 2.75. The molecule has 4 heteroatoms. The summed E-state index contributed by atoms with van der Waals surface area (Å²) in [6.45, 7) is 13.9. The summed E-state index contributed by atoms with van der Waals surface area (Å²) in [6, 6.07) is 0.215. The van der Waals surface area contributed by atoms with E-state index in [9.17, 15) is 4.79 Å². The van der Waals surface area contributed by atoms with E-state index in [0.717, 1.165) is 0 Å². The van der Waals surface area contributed by atoms with Gasteiger partial charge in [-0.15, -0.1) is 6.08 Å². The molecule has 3 nitrogen and oxygen atoms in total. The number of carbonyl (C=O) groups excluding carboxylic acids is 1. The fourth-order valence-corrected chi connectivity index (χ4v) is 1.39. The maximum absolute atomic E-state index is 11.7. The van der Waals surface area contributed by atoms with Gasteiger partial charge in [-0.2, -0.15) is 0 Å². The number of carbonyl (C=O) groups is 1. The fourth-order valence-electron chi connectivity index (χ4n) is 1.39. The van der Waals surface area contributed by atoms with Gasteiger partial charge in [0.1, 0.15) is 0 Å². The van der Waals surface area contributed by atoms with Crippen LogP contribution in [0.5, 0.6) is 0 Å². The standard InChI is InChI=1S/C14H24NO2.Li/c1-11(2)15(12(3)4)13(16)17-10-8-9-14(5,6)7;/h9,11-12H,1-7H3;/q-1;+1. The quantitative estimate of drug-likeness (QED) is 0.318. The Balaban J connectivity index is 0. The van der Waals surface area contributed by atoms with Gasteiger partial charge >= 0.3 is 25.0 Å². The van der Waals surface area contributed by atoms with Crippen molar-refractivity contribution in [1.29, 1.82) is 0 Å². The number of ether oxygens (including phenoxy) is 1. The first-order chi connectivity index (χ1) is 7.65. The van der Waals surface area contributed by atoms with Gasteiger partial charge in [-0.05, 0) is 27.7 Å². The topological polar surface area (TPSA) is 29.5 Å². The third-order valence-corrected chi connectivity index (χ3v) is 2.03. The molecule has 1 amide bonds. The van der Waals surface area contributed by atoms with Crippen molar-refractivity contribution >= 4 is 6.09 Å². The molecule has 18 heavy (non-hydrogen) atoms. The average Bonchev–Trinajstić information content (AvgIpc) is 2.09. The molecule has 0 aromatic heterocycles. The maximum atomic E-state index is 11.7. The van der Waals surface area contributed by atoms with Crippen molar-refractivity contribution in [3.8, 4) is 0 Å². The van der Waals surface area contributed by atoms with Crippen molar-refractivity contribution in [3.63, 3.8) is 0 Å². The van der Waals surface area contributed by atoms with E-state index in [-0.39, 0.29) is 42.5 Å². The Bertz CT molecular complexity index is 302. The Hall–Kier alpha value is -0.613. The van der Waals surface area contributed by atoms with E-state index in [1.807, 2.05) is 54.5 Å². The van der Waals surface area contributed by atoms with Gasteiger partial charge in [-0.1, -0.05) is 26.2 Å². The molecule has 0 aromatic carbocycles. The van der Waals surface area contributed by atoms with E-state index >= 15 is 0 Å². The summed E-state index contributed by atoms with van der Waals surface area (Å²) >= 11 is 0. The average molecular weight is 245 g/mol. The zero-order valence-electron chi connectivity index (χ0n) is 13.0. The summed E-state index contributed by atoms with van der Waals surface area (Å²) in [7, 11) is 0. The van der Waals surface area contributed by atoms with E-state index in [2.05, 4.69) is 12.0 Å². The molecular formula is C14H24LiNO2. The van der Waals surface area contributed by atoms with Crippen molar-refractivity contribution in [2.45, 2.75) is 60.5 Å². The molecule has 0 aromatic rings. The number of hydrogen-bond acceptors (Lipinski definition) is 2. The molecule has 0 aliphatic carbocycles. The molecule has 0 aliphatic heterocycles. The minimum Gasteiger partial charge on any atom is -0.531 e. The molecule has 0 spiro atoms. The van der Waals surface area contributed by atoms with Crippen LogP contribution in [0.15, 0.2) is 11.8 Å². The molecule has 0 heterocycles. The Morgan fingerprint density at radius 1 is 1.22 bits per heavy atom. The fraction of sp³-hybridized carbons (Fsp3) is 0.714. The molecule has 0 atom stereocenters. The molecule has 0 N–H and O–H groups in total. The first-order valence-electron chi connectivity index (χ1n) is 5.99.